The van der Waals surface area contributed by atoms with Crippen molar-refractivity contribution in [2.75, 3.05) is 26.2 Å². The zero-order chi connectivity index (χ0) is 24.5. The van der Waals surface area contributed by atoms with Crippen molar-refractivity contribution in [2.24, 2.45) is 0 Å². The van der Waals surface area contributed by atoms with Gasteiger partial charge in [-0.1, -0.05) is 24.3 Å². The molecule has 0 aliphatic carbocycles. The number of nitrogens with zero attached hydrogens (tertiary/aromatic N) is 4. The van der Waals surface area contributed by atoms with E-state index in [1.54, 1.807) is 18.2 Å². The maximum Gasteiger partial charge on any atom is 0.416 e. The summed E-state index contributed by atoms with van der Waals surface area (Å²) in [6.45, 7) is 3.52. The van der Waals surface area contributed by atoms with Crippen molar-refractivity contribution in [3.05, 3.63) is 93.2 Å². The molecule has 1 saturated heterocycles. The third-order valence-electron chi connectivity index (χ3n) is 5.74. The maximum atomic E-state index is 13.9. The Kier molecular flexibility index (Phi) is 6.52. The van der Waals surface area contributed by atoms with Gasteiger partial charge in [0.05, 0.1) is 11.3 Å². The first-order valence-electron chi connectivity index (χ1n) is 10.7. The molecule has 0 saturated carbocycles. The molecule has 34 heavy (non-hydrogen) atoms. The van der Waals surface area contributed by atoms with Crippen molar-refractivity contribution < 1.29 is 22.4 Å². The first kappa shape index (κ1) is 23.6. The van der Waals surface area contributed by atoms with Crippen molar-refractivity contribution in [1.82, 2.24) is 19.6 Å². The minimum atomic E-state index is -4.54. The summed E-state index contributed by atoms with van der Waals surface area (Å²) in [7, 11) is 0. The standard InChI is InChI=1S/C24H22F4N4O2/c1-16-13-21(33)22(29-32(16)19-7-4-6-18(14-19)24(26,27)28)23(34)31-11-9-30(10-12-31)15-17-5-2-3-8-20(17)25/h2-8,13-14H,9-12,15H2,1H3. The van der Waals surface area contributed by atoms with E-state index in [9.17, 15) is 27.2 Å². The molecule has 6 nitrogen and oxygen atoms in total. The van der Waals surface area contributed by atoms with Gasteiger partial charge in [-0.3, -0.25) is 14.5 Å². The van der Waals surface area contributed by atoms with Crippen LogP contribution < -0.4 is 5.43 Å². The van der Waals surface area contributed by atoms with Gasteiger partial charge in [0, 0.05) is 50.0 Å². The minimum Gasteiger partial charge on any atom is -0.335 e. The highest BCUT2D eigenvalue weighted by Crippen LogP contribution is 2.30. The second kappa shape index (κ2) is 9.38. The number of rotatable bonds is 4. The summed E-state index contributed by atoms with van der Waals surface area (Å²) in [4.78, 5) is 29.1. The molecule has 0 unspecified atom stereocenters. The van der Waals surface area contributed by atoms with E-state index >= 15 is 0 Å². The summed E-state index contributed by atoms with van der Waals surface area (Å²) in [5.74, 6) is -0.878. The van der Waals surface area contributed by atoms with Crippen molar-refractivity contribution in [2.45, 2.75) is 19.6 Å². The second-order valence-electron chi connectivity index (χ2n) is 8.12. The van der Waals surface area contributed by atoms with Crippen LogP contribution in [-0.4, -0.2) is 51.7 Å². The molecular formula is C24H22F4N4O2. The number of hydrogen-bond acceptors (Lipinski definition) is 4. The number of hydrogen-bond donors (Lipinski definition) is 0. The Morgan fingerprint density at radius 3 is 2.38 bits per heavy atom. The van der Waals surface area contributed by atoms with E-state index in [0.717, 1.165) is 16.8 Å². The van der Waals surface area contributed by atoms with E-state index < -0.39 is 23.1 Å². The number of carbonyl (C=O) groups excluding carboxylic acids is 1. The molecule has 178 valence electrons. The first-order chi connectivity index (χ1) is 16.1. The fraction of sp³-hybridized carbons (Fsp3) is 0.292. The molecule has 1 aromatic heterocycles. The molecule has 1 aliphatic rings. The SMILES string of the molecule is Cc1cc(=O)c(C(=O)N2CCN(Cc3ccccc3F)CC2)nn1-c1cccc(C(F)(F)F)c1. The molecule has 0 N–H and O–H groups in total. The third kappa shape index (κ3) is 5.01. The van der Waals surface area contributed by atoms with E-state index in [1.807, 2.05) is 4.90 Å². The number of amides is 1. The molecule has 0 atom stereocenters. The molecular weight excluding hydrogens is 452 g/mol. The van der Waals surface area contributed by atoms with Gasteiger partial charge in [-0.05, 0) is 31.2 Å². The molecule has 0 spiro atoms. The van der Waals surface area contributed by atoms with E-state index in [0.29, 0.717) is 44.0 Å². The van der Waals surface area contributed by atoms with Crippen LogP contribution in [0.1, 0.15) is 27.3 Å². The van der Waals surface area contributed by atoms with Crippen LogP contribution in [-0.2, 0) is 12.7 Å². The Hall–Kier alpha value is -3.53. The number of carbonyl (C=O) groups is 1. The van der Waals surface area contributed by atoms with Crippen LogP contribution in [0.4, 0.5) is 17.6 Å². The highest BCUT2D eigenvalue weighted by Gasteiger charge is 2.31. The molecule has 0 bridgehead atoms. The highest BCUT2D eigenvalue weighted by molar-refractivity contribution is 5.92. The van der Waals surface area contributed by atoms with Crippen LogP contribution in [0.25, 0.3) is 5.69 Å². The topological polar surface area (TPSA) is 58.4 Å². The van der Waals surface area contributed by atoms with Crippen molar-refractivity contribution in [3.63, 3.8) is 0 Å². The number of aryl methyl sites for hydroxylation is 1. The van der Waals surface area contributed by atoms with Crippen LogP contribution in [0, 0.1) is 12.7 Å². The van der Waals surface area contributed by atoms with Gasteiger partial charge in [0.15, 0.2) is 5.69 Å². The largest absolute Gasteiger partial charge is 0.416 e. The second-order valence-corrected chi connectivity index (χ2v) is 8.12. The first-order valence-corrected chi connectivity index (χ1v) is 10.7. The Bertz CT molecular complexity index is 1260. The summed E-state index contributed by atoms with van der Waals surface area (Å²) in [6.07, 6.45) is -4.54. The van der Waals surface area contributed by atoms with Gasteiger partial charge >= 0.3 is 6.18 Å². The highest BCUT2D eigenvalue weighted by atomic mass is 19.4. The summed E-state index contributed by atoms with van der Waals surface area (Å²) >= 11 is 0. The van der Waals surface area contributed by atoms with Gasteiger partial charge in [0.2, 0.25) is 5.43 Å². The number of piperazine rings is 1. The molecule has 2 heterocycles. The Labute approximate surface area is 193 Å². The summed E-state index contributed by atoms with van der Waals surface area (Å²) < 4.78 is 54.5. The number of alkyl halides is 3. The van der Waals surface area contributed by atoms with Crippen LogP contribution in [0.15, 0.2) is 59.4 Å². The molecule has 0 radical (unpaired) electrons. The lowest BCUT2D eigenvalue weighted by Crippen LogP contribution is -2.49. The number of aromatic nitrogens is 2. The number of benzene rings is 2. The Morgan fingerprint density at radius 1 is 1.00 bits per heavy atom. The third-order valence-corrected chi connectivity index (χ3v) is 5.74. The van der Waals surface area contributed by atoms with Gasteiger partial charge in [-0.25, -0.2) is 9.07 Å². The quantitative estimate of drug-likeness (QED) is 0.542. The normalized spacial score (nSPS) is 14.9. The number of halogens is 4. The molecule has 4 rings (SSSR count). The molecule has 1 amide bonds. The van der Waals surface area contributed by atoms with Gasteiger partial charge in [-0.2, -0.15) is 18.3 Å². The molecule has 1 aliphatic heterocycles. The average molecular weight is 474 g/mol. The average Bonchev–Trinajstić information content (AvgIpc) is 2.80. The van der Waals surface area contributed by atoms with Crippen molar-refractivity contribution in [1.29, 1.82) is 0 Å². The lowest BCUT2D eigenvalue weighted by atomic mass is 10.1. The fourth-order valence-corrected chi connectivity index (χ4v) is 3.90. The molecule has 2 aromatic carbocycles. The Morgan fingerprint density at radius 2 is 1.71 bits per heavy atom. The van der Waals surface area contributed by atoms with Gasteiger partial charge in [0.1, 0.15) is 5.82 Å². The van der Waals surface area contributed by atoms with Gasteiger partial charge in [0.25, 0.3) is 5.91 Å². The van der Waals surface area contributed by atoms with E-state index in [1.165, 1.54) is 36.1 Å². The summed E-state index contributed by atoms with van der Waals surface area (Å²) in [6, 6.07) is 12.2. The van der Waals surface area contributed by atoms with Crippen molar-refractivity contribution in [3.8, 4) is 5.69 Å². The van der Waals surface area contributed by atoms with Crippen LogP contribution in [0.3, 0.4) is 0 Å². The zero-order valence-electron chi connectivity index (χ0n) is 18.3. The van der Waals surface area contributed by atoms with Gasteiger partial charge in [-0.15, -0.1) is 0 Å². The maximum absolute atomic E-state index is 13.9. The molecule has 3 aromatic rings. The smallest absolute Gasteiger partial charge is 0.335 e. The fourth-order valence-electron chi connectivity index (χ4n) is 3.90. The van der Waals surface area contributed by atoms with Crippen LogP contribution in [0.2, 0.25) is 0 Å². The monoisotopic (exact) mass is 474 g/mol. The van der Waals surface area contributed by atoms with Gasteiger partial charge < -0.3 is 4.90 Å². The van der Waals surface area contributed by atoms with Crippen LogP contribution >= 0.6 is 0 Å². The summed E-state index contributed by atoms with van der Waals surface area (Å²) in [5.41, 5.74) is -0.855. The van der Waals surface area contributed by atoms with E-state index in [4.69, 9.17) is 0 Å². The van der Waals surface area contributed by atoms with E-state index in [2.05, 4.69) is 5.10 Å². The predicted octanol–water partition coefficient (Wildman–Crippen LogP) is 3.66. The molecule has 10 heteroatoms. The minimum absolute atomic E-state index is 0.0936. The molecule has 1 fully saturated rings. The lowest BCUT2D eigenvalue weighted by Gasteiger charge is -2.34. The van der Waals surface area contributed by atoms with E-state index in [-0.39, 0.29) is 17.2 Å². The van der Waals surface area contributed by atoms with Crippen LogP contribution in [0.5, 0.6) is 0 Å². The zero-order valence-corrected chi connectivity index (χ0v) is 18.3. The predicted molar refractivity (Wildman–Crippen MR) is 117 cm³/mol. The Balaban J connectivity index is 1.52. The van der Waals surface area contributed by atoms with Crippen molar-refractivity contribution >= 4 is 5.91 Å². The summed E-state index contributed by atoms with van der Waals surface area (Å²) in [5, 5.41) is 4.12. The lowest BCUT2D eigenvalue weighted by molar-refractivity contribution is -0.137.